The van der Waals surface area contributed by atoms with Gasteiger partial charge in [-0.1, -0.05) is 0 Å². The number of hydrogen-bond donors (Lipinski definition) is 0. The van der Waals surface area contributed by atoms with Crippen LogP contribution in [0, 0.1) is 5.41 Å². The zero-order valence-corrected chi connectivity index (χ0v) is 13.1. The lowest BCUT2D eigenvalue weighted by atomic mass is 9.92. The Morgan fingerprint density at radius 1 is 1.39 bits per heavy atom. The molecule has 0 spiro atoms. The summed E-state index contributed by atoms with van der Waals surface area (Å²) in [7, 11) is 1.92. The van der Waals surface area contributed by atoms with Crippen molar-refractivity contribution < 1.29 is 4.79 Å². The van der Waals surface area contributed by atoms with Crippen LogP contribution in [0.3, 0.4) is 0 Å². The van der Waals surface area contributed by atoms with Gasteiger partial charge in [-0.15, -0.1) is 11.6 Å². The highest BCUT2D eigenvalue weighted by Crippen LogP contribution is 2.24. The van der Waals surface area contributed by atoms with Crippen LogP contribution in [-0.2, 0) is 4.79 Å². The SMILES string of the molecule is CC(C)N1CCC(N(C)C(=O)C(C)(C)CCl)CC1. The fourth-order valence-corrected chi connectivity index (χ4v) is 2.60. The molecule has 4 heteroatoms. The number of carbonyl (C=O) groups is 1. The summed E-state index contributed by atoms with van der Waals surface area (Å²) in [6.07, 6.45) is 2.14. The number of nitrogens with zero attached hydrogens (tertiary/aromatic N) is 2. The molecule has 0 aromatic heterocycles. The van der Waals surface area contributed by atoms with Crippen molar-refractivity contribution in [2.75, 3.05) is 26.0 Å². The number of halogens is 1. The minimum Gasteiger partial charge on any atom is -0.342 e. The molecule has 0 aromatic carbocycles. The van der Waals surface area contributed by atoms with Gasteiger partial charge in [-0.05, 0) is 40.5 Å². The minimum absolute atomic E-state index is 0.167. The fourth-order valence-electron chi connectivity index (χ4n) is 2.49. The summed E-state index contributed by atoms with van der Waals surface area (Å²) in [5, 5.41) is 0. The maximum atomic E-state index is 12.3. The third-order valence-electron chi connectivity index (χ3n) is 4.01. The number of hydrogen-bond acceptors (Lipinski definition) is 2. The quantitative estimate of drug-likeness (QED) is 0.736. The fraction of sp³-hybridized carbons (Fsp3) is 0.929. The Morgan fingerprint density at radius 2 is 1.89 bits per heavy atom. The van der Waals surface area contributed by atoms with Crippen LogP contribution >= 0.6 is 11.6 Å². The van der Waals surface area contributed by atoms with Gasteiger partial charge in [-0.3, -0.25) is 4.79 Å². The van der Waals surface area contributed by atoms with Crippen LogP contribution in [0.4, 0.5) is 0 Å². The molecule has 106 valence electrons. The molecule has 0 saturated carbocycles. The Labute approximate surface area is 116 Å². The largest absolute Gasteiger partial charge is 0.342 e. The average Bonchev–Trinajstić information content (AvgIpc) is 2.37. The van der Waals surface area contributed by atoms with Gasteiger partial charge in [0.05, 0.1) is 5.41 Å². The van der Waals surface area contributed by atoms with Crippen molar-refractivity contribution in [1.82, 2.24) is 9.80 Å². The minimum atomic E-state index is -0.453. The molecule has 1 fully saturated rings. The summed E-state index contributed by atoms with van der Waals surface area (Å²) in [6.45, 7) is 10.5. The van der Waals surface area contributed by atoms with Crippen molar-refractivity contribution in [2.45, 2.75) is 52.6 Å². The summed E-state index contributed by atoms with van der Waals surface area (Å²) in [5.74, 6) is 0.543. The Kier molecular flexibility index (Phi) is 5.47. The maximum Gasteiger partial charge on any atom is 0.229 e. The van der Waals surface area contributed by atoms with Crippen LogP contribution in [0.2, 0.25) is 0 Å². The van der Waals surface area contributed by atoms with Gasteiger partial charge in [0.2, 0.25) is 5.91 Å². The van der Waals surface area contributed by atoms with Crippen LogP contribution < -0.4 is 0 Å². The van der Waals surface area contributed by atoms with Crippen LogP contribution in [0.1, 0.15) is 40.5 Å². The molecule has 0 unspecified atom stereocenters. The monoisotopic (exact) mass is 274 g/mol. The first kappa shape index (κ1) is 15.8. The average molecular weight is 275 g/mol. The summed E-state index contributed by atoms with van der Waals surface area (Å²) in [6, 6.07) is 0.973. The van der Waals surface area contributed by atoms with Crippen LogP contribution in [0.25, 0.3) is 0 Å². The molecule has 0 aliphatic carbocycles. The molecule has 3 nitrogen and oxygen atoms in total. The molecule has 1 saturated heterocycles. The van der Waals surface area contributed by atoms with E-state index in [1.165, 1.54) is 0 Å². The van der Waals surface area contributed by atoms with E-state index < -0.39 is 5.41 Å². The standard InChI is InChI=1S/C14H27ClN2O/c1-11(2)17-8-6-12(7-9-17)16(5)13(18)14(3,4)10-15/h11-12H,6-10H2,1-5H3. The molecule has 0 radical (unpaired) electrons. The second kappa shape index (κ2) is 6.25. The molecule has 1 aliphatic heterocycles. The highest BCUT2D eigenvalue weighted by atomic mass is 35.5. The number of carbonyl (C=O) groups excluding carboxylic acids is 1. The number of rotatable bonds is 4. The summed E-state index contributed by atoms with van der Waals surface area (Å²) in [4.78, 5) is 16.7. The normalized spacial score (nSPS) is 19.3. The first-order valence-electron chi connectivity index (χ1n) is 6.87. The summed E-state index contributed by atoms with van der Waals surface area (Å²) >= 11 is 5.88. The summed E-state index contributed by atoms with van der Waals surface area (Å²) in [5.41, 5.74) is -0.453. The van der Waals surface area contributed by atoms with Gasteiger partial charge < -0.3 is 9.80 Å². The first-order valence-corrected chi connectivity index (χ1v) is 7.40. The van der Waals surface area contributed by atoms with Crippen molar-refractivity contribution in [3.8, 4) is 0 Å². The van der Waals surface area contributed by atoms with Crippen molar-refractivity contribution >= 4 is 17.5 Å². The number of amides is 1. The Morgan fingerprint density at radius 3 is 2.28 bits per heavy atom. The zero-order valence-electron chi connectivity index (χ0n) is 12.4. The van der Waals surface area contributed by atoms with Crippen LogP contribution in [-0.4, -0.2) is 53.8 Å². The second-order valence-corrected chi connectivity index (χ2v) is 6.56. The van der Waals surface area contributed by atoms with E-state index in [0.29, 0.717) is 18.0 Å². The third-order valence-corrected chi connectivity index (χ3v) is 4.68. The molecule has 1 heterocycles. The Balaban J connectivity index is 2.55. The van der Waals surface area contributed by atoms with E-state index in [4.69, 9.17) is 11.6 Å². The van der Waals surface area contributed by atoms with Gasteiger partial charge in [-0.2, -0.15) is 0 Å². The van der Waals surface area contributed by atoms with E-state index in [1.54, 1.807) is 0 Å². The van der Waals surface area contributed by atoms with Crippen molar-refractivity contribution in [3.63, 3.8) is 0 Å². The van der Waals surface area contributed by atoms with Gasteiger partial charge in [0.25, 0.3) is 0 Å². The number of likely N-dealkylation sites (tertiary alicyclic amines) is 1. The Hall–Kier alpha value is -0.280. The van der Waals surface area contributed by atoms with E-state index in [0.717, 1.165) is 25.9 Å². The topological polar surface area (TPSA) is 23.6 Å². The van der Waals surface area contributed by atoms with Crippen LogP contribution in [0.5, 0.6) is 0 Å². The van der Waals surface area contributed by atoms with E-state index in [-0.39, 0.29) is 5.91 Å². The predicted octanol–water partition coefficient (Wildman–Crippen LogP) is 2.58. The highest BCUT2D eigenvalue weighted by molar-refractivity contribution is 6.19. The predicted molar refractivity (Wildman–Crippen MR) is 77.0 cm³/mol. The lowest BCUT2D eigenvalue weighted by Gasteiger charge is -2.40. The molecular weight excluding hydrogens is 248 g/mol. The molecule has 0 N–H and O–H groups in total. The number of alkyl halides is 1. The molecule has 0 aromatic rings. The molecule has 18 heavy (non-hydrogen) atoms. The zero-order chi connectivity index (χ0) is 13.9. The highest BCUT2D eigenvalue weighted by Gasteiger charge is 2.34. The molecular formula is C14H27ClN2O. The lowest BCUT2D eigenvalue weighted by Crippen LogP contribution is -2.50. The van der Waals surface area contributed by atoms with Crippen molar-refractivity contribution in [3.05, 3.63) is 0 Å². The van der Waals surface area contributed by atoms with Gasteiger partial charge in [0.1, 0.15) is 0 Å². The Bertz CT molecular complexity index is 284. The second-order valence-electron chi connectivity index (χ2n) is 6.29. The van der Waals surface area contributed by atoms with Gasteiger partial charge >= 0.3 is 0 Å². The smallest absolute Gasteiger partial charge is 0.229 e. The van der Waals surface area contributed by atoms with Gasteiger partial charge in [-0.25, -0.2) is 0 Å². The van der Waals surface area contributed by atoms with E-state index >= 15 is 0 Å². The molecule has 0 atom stereocenters. The first-order chi connectivity index (χ1) is 8.29. The van der Waals surface area contributed by atoms with Gasteiger partial charge in [0.15, 0.2) is 0 Å². The molecule has 0 bridgehead atoms. The van der Waals surface area contributed by atoms with Crippen molar-refractivity contribution in [2.24, 2.45) is 5.41 Å². The molecule has 1 rings (SSSR count). The maximum absolute atomic E-state index is 12.3. The molecule has 1 amide bonds. The molecule has 1 aliphatic rings. The van der Waals surface area contributed by atoms with E-state index in [1.807, 2.05) is 25.8 Å². The van der Waals surface area contributed by atoms with E-state index in [9.17, 15) is 4.79 Å². The van der Waals surface area contributed by atoms with E-state index in [2.05, 4.69) is 18.7 Å². The lowest BCUT2D eigenvalue weighted by molar-refractivity contribution is -0.141. The van der Waals surface area contributed by atoms with Crippen LogP contribution in [0.15, 0.2) is 0 Å². The van der Waals surface area contributed by atoms with Crippen molar-refractivity contribution in [1.29, 1.82) is 0 Å². The summed E-state index contributed by atoms with van der Waals surface area (Å²) < 4.78 is 0. The third kappa shape index (κ3) is 3.61. The van der Waals surface area contributed by atoms with Gasteiger partial charge in [0, 0.05) is 38.1 Å². The number of piperidine rings is 1.